The van der Waals surface area contributed by atoms with Crippen molar-refractivity contribution < 1.29 is 4.79 Å². The van der Waals surface area contributed by atoms with Gasteiger partial charge in [0, 0.05) is 17.0 Å². The number of nitrogens with zero attached hydrogens (tertiary/aromatic N) is 2. The van der Waals surface area contributed by atoms with Gasteiger partial charge in [0.1, 0.15) is 5.82 Å². The lowest BCUT2D eigenvalue weighted by atomic mass is 9.92. The molecule has 130 valence electrons. The zero-order valence-electron chi connectivity index (χ0n) is 16.1. The maximum Gasteiger partial charge on any atom is 0.256 e. The van der Waals surface area contributed by atoms with Crippen molar-refractivity contribution in [2.75, 3.05) is 5.32 Å². The summed E-state index contributed by atoms with van der Waals surface area (Å²) in [5.41, 5.74) is 3.64. The molecule has 0 radical (unpaired) electrons. The van der Waals surface area contributed by atoms with Crippen LogP contribution in [0, 0.1) is 13.8 Å². The second-order valence-electron chi connectivity index (χ2n) is 8.50. The minimum absolute atomic E-state index is 0.0730. The summed E-state index contributed by atoms with van der Waals surface area (Å²) in [7, 11) is 0. The van der Waals surface area contributed by atoms with E-state index in [1.54, 1.807) is 0 Å². The first-order chi connectivity index (χ1) is 10.9. The summed E-state index contributed by atoms with van der Waals surface area (Å²) < 4.78 is 1.90. The van der Waals surface area contributed by atoms with Crippen LogP contribution in [0.2, 0.25) is 0 Å². The Bertz CT molecular complexity index is 758. The van der Waals surface area contributed by atoms with Crippen molar-refractivity contribution >= 4 is 11.7 Å². The van der Waals surface area contributed by atoms with E-state index in [0.717, 1.165) is 17.1 Å². The van der Waals surface area contributed by atoms with E-state index < -0.39 is 0 Å². The van der Waals surface area contributed by atoms with E-state index >= 15 is 0 Å². The van der Waals surface area contributed by atoms with Gasteiger partial charge in [-0.1, -0.05) is 26.8 Å². The Hall–Kier alpha value is -2.10. The number of rotatable bonds is 2. The third kappa shape index (κ3) is 3.86. The van der Waals surface area contributed by atoms with Gasteiger partial charge in [-0.3, -0.25) is 4.79 Å². The number of hydrogen-bond acceptors (Lipinski definition) is 2. The first-order valence-electron chi connectivity index (χ1n) is 8.39. The number of anilines is 1. The third-order valence-corrected chi connectivity index (χ3v) is 4.12. The molecular formula is C20H29N3O. The van der Waals surface area contributed by atoms with Gasteiger partial charge in [0.2, 0.25) is 0 Å². The normalized spacial score (nSPS) is 12.3. The molecule has 1 aromatic heterocycles. The van der Waals surface area contributed by atoms with Gasteiger partial charge in [-0.25, -0.2) is 4.68 Å². The molecule has 4 heteroatoms. The smallest absolute Gasteiger partial charge is 0.256 e. The summed E-state index contributed by atoms with van der Waals surface area (Å²) in [6.45, 7) is 16.7. The molecule has 0 unspecified atom stereocenters. The number of amides is 1. The fourth-order valence-corrected chi connectivity index (χ4v) is 2.42. The van der Waals surface area contributed by atoms with Gasteiger partial charge in [-0.05, 0) is 57.9 Å². The quantitative estimate of drug-likeness (QED) is 0.861. The highest BCUT2D eigenvalue weighted by Crippen LogP contribution is 2.28. The first kappa shape index (κ1) is 18.2. The molecule has 0 aliphatic rings. The van der Waals surface area contributed by atoms with Crippen LogP contribution in [0.3, 0.4) is 0 Å². The fraction of sp³-hybridized carbons (Fsp3) is 0.500. The van der Waals surface area contributed by atoms with E-state index in [1.165, 1.54) is 5.56 Å². The molecule has 1 amide bonds. The number of aryl methyl sites for hydroxylation is 2. The molecule has 0 aliphatic heterocycles. The molecule has 1 N–H and O–H groups in total. The zero-order chi connectivity index (χ0) is 18.3. The fourth-order valence-electron chi connectivity index (χ4n) is 2.42. The van der Waals surface area contributed by atoms with Crippen molar-refractivity contribution in [3.63, 3.8) is 0 Å². The van der Waals surface area contributed by atoms with Crippen molar-refractivity contribution in [1.82, 2.24) is 9.78 Å². The Labute approximate surface area is 145 Å². The maximum absolute atomic E-state index is 12.7. The van der Waals surface area contributed by atoms with Crippen molar-refractivity contribution in [2.45, 2.75) is 66.3 Å². The Morgan fingerprint density at radius 2 is 1.62 bits per heavy atom. The number of hydrogen-bond donors (Lipinski definition) is 1. The van der Waals surface area contributed by atoms with Crippen LogP contribution in [-0.2, 0) is 11.0 Å². The van der Waals surface area contributed by atoms with E-state index in [0.29, 0.717) is 5.56 Å². The van der Waals surface area contributed by atoms with Gasteiger partial charge < -0.3 is 5.32 Å². The van der Waals surface area contributed by atoms with Crippen LogP contribution < -0.4 is 5.32 Å². The van der Waals surface area contributed by atoms with Crippen LogP contribution in [0.25, 0.3) is 0 Å². The van der Waals surface area contributed by atoms with E-state index in [-0.39, 0.29) is 16.9 Å². The summed E-state index contributed by atoms with van der Waals surface area (Å²) in [5.74, 6) is 0.625. The van der Waals surface area contributed by atoms with E-state index in [2.05, 4.69) is 46.9 Å². The van der Waals surface area contributed by atoms with E-state index in [9.17, 15) is 4.79 Å². The number of nitrogens with one attached hydrogen (secondary N) is 1. The highest BCUT2D eigenvalue weighted by atomic mass is 16.1. The first-order valence-corrected chi connectivity index (χ1v) is 8.39. The number of aromatic nitrogens is 2. The van der Waals surface area contributed by atoms with Crippen LogP contribution in [0.1, 0.15) is 68.7 Å². The second-order valence-corrected chi connectivity index (χ2v) is 8.50. The van der Waals surface area contributed by atoms with E-state index in [4.69, 9.17) is 5.10 Å². The Balaban J connectivity index is 2.39. The SMILES string of the molecule is Cc1ccc(C(=O)Nc2cc(C(C)(C)C)nn2C(C)(C)C)cc1C. The Morgan fingerprint density at radius 1 is 1.00 bits per heavy atom. The molecule has 0 saturated carbocycles. The molecule has 0 fully saturated rings. The van der Waals surface area contributed by atoms with Crippen LogP contribution in [0.5, 0.6) is 0 Å². The topological polar surface area (TPSA) is 46.9 Å². The predicted octanol–water partition coefficient (Wildman–Crippen LogP) is 4.80. The van der Waals surface area contributed by atoms with Gasteiger partial charge in [0.15, 0.2) is 0 Å². The van der Waals surface area contributed by atoms with Crippen LogP contribution in [0.4, 0.5) is 5.82 Å². The van der Waals surface area contributed by atoms with Crippen LogP contribution in [-0.4, -0.2) is 15.7 Å². The highest BCUT2D eigenvalue weighted by molar-refractivity contribution is 6.04. The van der Waals surface area contributed by atoms with Crippen molar-refractivity contribution in [1.29, 1.82) is 0 Å². The van der Waals surface area contributed by atoms with Gasteiger partial charge in [0.25, 0.3) is 5.91 Å². The summed E-state index contributed by atoms with van der Waals surface area (Å²) in [4.78, 5) is 12.7. The van der Waals surface area contributed by atoms with Crippen LogP contribution >= 0.6 is 0 Å². The average molecular weight is 327 g/mol. The Kier molecular flexibility index (Phi) is 4.62. The monoisotopic (exact) mass is 327 g/mol. The third-order valence-electron chi connectivity index (χ3n) is 4.12. The molecule has 4 nitrogen and oxygen atoms in total. The lowest BCUT2D eigenvalue weighted by Gasteiger charge is -2.23. The highest BCUT2D eigenvalue weighted by Gasteiger charge is 2.26. The molecule has 0 spiro atoms. The van der Waals surface area contributed by atoms with Gasteiger partial charge >= 0.3 is 0 Å². The van der Waals surface area contributed by atoms with E-state index in [1.807, 2.05) is 42.8 Å². The molecule has 2 aromatic rings. The van der Waals surface area contributed by atoms with Crippen molar-refractivity contribution in [3.05, 3.63) is 46.6 Å². The number of carbonyl (C=O) groups is 1. The molecule has 0 bridgehead atoms. The molecular weight excluding hydrogens is 298 g/mol. The summed E-state index contributed by atoms with van der Waals surface area (Å²) in [5, 5.41) is 7.77. The van der Waals surface area contributed by atoms with Crippen molar-refractivity contribution in [2.24, 2.45) is 0 Å². The van der Waals surface area contributed by atoms with Gasteiger partial charge in [-0.15, -0.1) is 0 Å². The average Bonchev–Trinajstić information content (AvgIpc) is 2.85. The van der Waals surface area contributed by atoms with Gasteiger partial charge in [-0.2, -0.15) is 5.10 Å². The number of carbonyl (C=O) groups excluding carboxylic acids is 1. The molecule has 2 rings (SSSR count). The van der Waals surface area contributed by atoms with Gasteiger partial charge in [0.05, 0.1) is 11.2 Å². The predicted molar refractivity (Wildman–Crippen MR) is 99.8 cm³/mol. The summed E-state index contributed by atoms with van der Waals surface area (Å²) >= 11 is 0. The molecule has 0 saturated heterocycles. The summed E-state index contributed by atoms with van der Waals surface area (Å²) in [6, 6.07) is 7.74. The maximum atomic E-state index is 12.7. The largest absolute Gasteiger partial charge is 0.307 e. The molecule has 0 atom stereocenters. The molecule has 24 heavy (non-hydrogen) atoms. The second kappa shape index (κ2) is 6.08. The lowest BCUT2D eigenvalue weighted by molar-refractivity contribution is 0.102. The molecule has 0 aliphatic carbocycles. The minimum Gasteiger partial charge on any atom is -0.307 e. The zero-order valence-corrected chi connectivity index (χ0v) is 16.1. The van der Waals surface area contributed by atoms with Crippen LogP contribution in [0.15, 0.2) is 24.3 Å². The minimum atomic E-state index is -0.213. The molecule has 1 aromatic carbocycles. The summed E-state index contributed by atoms with van der Waals surface area (Å²) in [6.07, 6.45) is 0. The lowest BCUT2D eigenvalue weighted by Crippen LogP contribution is -2.27. The standard InChI is InChI=1S/C20H29N3O/c1-13-9-10-15(11-14(13)2)18(24)21-17-12-16(19(3,4)5)22-23(17)20(6,7)8/h9-12H,1-8H3,(H,21,24). The number of benzene rings is 1. The molecule has 1 heterocycles. The Morgan fingerprint density at radius 3 is 2.12 bits per heavy atom. The van der Waals surface area contributed by atoms with Crippen molar-refractivity contribution in [3.8, 4) is 0 Å².